The van der Waals surface area contributed by atoms with E-state index in [-0.39, 0.29) is 26.4 Å². The largest absolute Gasteiger partial charge is 0.469 e. The molecule has 0 bridgehead atoms. The van der Waals surface area contributed by atoms with Crippen LogP contribution < -0.4 is 10.6 Å². The van der Waals surface area contributed by atoms with Crippen LogP contribution in [0.15, 0.2) is 0 Å². The summed E-state index contributed by atoms with van der Waals surface area (Å²) in [5.74, 6) is -51.1. The van der Waals surface area contributed by atoms with Crippen LogP contribution in [-0.4, -0.2) is 137 Å². The van der Waals surface area contributed by atoms with Crippen LogP contribution in [0.1, 0.15) is 19.3 Å². The highest BCUT2D eigenvalue weighted by Crippen LogP contribution is 2.61. The Hall–Kier alpha value is -1.32. The second-order valence-corrected chi connectivity index (χ2v) is 10.3. The predicted octanol–water partition coefficient (Wildman–Crippen LogP) is 3.40. The topological polar surface area (TPSA) is 172 Å². The molecule has 0 aliphatic heterocycles. The average molecular weight is 782 g/mol. The number of rotatable bonds is 20. The highest BCUT2D eigenvalue weighted by molar-refractivity contribution is 7.46. The van der Waals surface area contributed by atoms with Gasteiger partial charge in [-0.05, 0) is 0 Å². The number of hydrogen-bond donors (Lipinski definition) is 8. The van der Waals surface area contributed by atoms with Gasteiger partial charge in [-0.1, -0.05) is 0 Å². The first-order valence-electron chi connectivity index (χ1n) is 12.5. The highest BCUT2D eigenvalue weighted by atomic mass is 31.2. The minimum absolute atomic E-state index is 0.139. The molecule has 0 heterocycles. The molecule has 0 aliphatic rings. The quantitative estimate of drug-likeness (QED) is 0.0521. The Balaban J connectivity index is -0.00000119. The number of halogens is 17. The Morgan fingerprint density at radius 2 is 0.833 bits per heavy atom. The Morgan fingerprint density at radius 3 is 1.12 bits per heavy atom. The first-order valence-corrected chi connectivity index (χ1v) is 14.0. The van der Waals surface area contributed by atoms with E-state index < -0.39 is 81.3 Å². The monoisotopic (exact) mass is 782 g/mol. The molecule has 0 saturated heterocycles. The van der Waals surface area contributed by atoms with Gasteiger partial charge in [-0.15, -0.1) is 0 Å². The van der Waals surface area contributed by atoms with Gasteiger partial charge in [0.15, 0.2) is 0 Å². The van der Waals surface area contributed by atoms with Crippen LogP contribution in [0.3, 0.4) is 0 Å². The zero-order valence-corrected chi connectivity index (χ0v) is 24.8. The molecular formula is C20H32F17N2O8P. The zero-order valence-electron chi connectivity index (χ0n) is 23.9. The first-order chi connectivity index (χ1) is 21.2. The molecule has 0 aliphatic carbocycles. The molecule has 0 atom stereocenters. The van der Waals surface area contributed by atoms with Gasteiger partial charge in [0.2, 0.25) is 0 Å². The van der Waals surface area contributed by atoms with Crippen LogP contribution in [0.4, 0.5) is 74.6 Å². The van der Waals surface area contributed by atoms with E-state index in [9.17, 15) is 79.2 Å². The van der Waals surface area contributed by atoms with Crippen molar-refractivity contribution in [3.63, 3.8) is 0 Å². The summed E-state index contributed by atoms with van der Waals surface area (Å²) in [7, 11) is -5.45. The number of aliphatic hydroxyl groups is 4. The number of aliphatic hydroxyl groups excluding tert-OH is 4. The second kappa shape index (κ2) is 19.9. The Labute approximate surface area is 259 Å². The standard InChI is InChI=1S/C12H10F17O4P.2C4H11NO2/c13-5(14,1-2-33-34(30,31)32)3-6(15,16)4-7(17,18)8(19,20)9(21,22)10(23,24)11(25,26)12(27,28)29;2*6-3-1-5-2-4-7/h1-4H2,(H2,30,31,32);2*5-7H,1-4H2. The van der Waals surface area contributed by atoms with E-state index in [1.807, 2.05) is 0 Å². The molecule has 28 heteroatoms. The molecule has 0 aromatic rings. The summed E-state index contributed by atoms with van der Waals surface area (Å²) in [4.78, 5) is 16.4. The lowest BCUT2D eigenvalue weighted by atomic mass is 9.90. The van der Waals surface area contributed by atoms with Gasteiger partial charge in [0.05, 0.1) is 45.9 Å². The molecule has 0 saturated carbocycles. The summed E-state index contributed by atoms with van der Waals surface area (Å²) in [6.07, 6.45) is -17.3. The number of alkyl halides is 17. The van der Waals surface area contributed by atoms with E-state index in [2.05, 4.69) is 15.2 Å². The SMILES string of the molecule is O=P(O)(O)OCCC(F)(F)CC(F)(F)CC(F)(F)C(F)(F)C(F)(F)C(F)(F)C(F)(F)C(F)(F)F.OCCNCCO.OCCNCCO. The third-order valence-electron chi connectivity index (χ3n) is 4.88. The first kappa shape index (κ1) is 51.1. The van der Waals surface area contributed by atoms with E-state index in [4.69, 9.17) is 30.2 Å². The van der Waals surface area contributed by atoms with Crippen molar-refractivity contribution >= 4 is 7.82 Å². The lowest BCUT2D eigenvalue weighted by molar-refractivity contribution is -0.442. The van der Waals surface area contributed by atoms with Gasteiger partial charge < -0.3 is 40.8 Å². The van der Waals surface area contributed by atoms with Crippen LogP contribution in [0.2, 0.25) is 0 Å². The van der Waals surface area contributed by atoms with Crippen molar-refractivity contribution < 1.29 is 114 Å². The van der Waals surface area contributed by atoms with Crippen molar-refractivity contribution in [3.8, 4) is 0 Å². The maximum atomic E-state index is 13.5. The van der Waals surface area contributed by atoms with Crippen LogP contribution in [0.5, 0.6) is 0 Å². The number of nitrogens with one attached hydrogen (secondary N) is 2. The normalized spacial score (nSPS) is 14.2. The lowest BCUT2D eigenvalue weighted by Gasteiger charge is -2.40. The summed E-state index contributed by atoms with van der Waals surface area (Å²) in [6, 6.07) is 0. The average Bonchev–Trinajstić information content (AvgIpc) is 2.86. The van der Waals surface area contributed by atoms with Gasteiger partial charge >= 0.3 is 43.6 Å². The molecule has 0 radical (unpaired) electrons. The minimum atomic E-state index is -8.36. The number of hydrogen-bond acceptors (Lipinski definition) is 8. The molecule has 0 aromatic heterocycles. The second-order valence-electron chi connectivity index (χ2n) is 9.03. The third-order valence-corrected chi connectivity index (χ3v) is 5.40. The molecule has 0 rings (SSSR count). The van der Waals surface area contributed by atoms with Gasteiger partial charge in [0.25, 0.3) is 11.8 Å². The maximum Gasteiger partial charge on any atom is 0.469 e. The fourth-order valence-corrected chi connectivity index (χ4v) is 2.98. The Bertz CT molecular complexity index is 922. The van der Waals surface area contributed by atoms with E-state index >= 15 is 0 Å². The Morgan fingerprint density at radius 1 is 0.500 bits per heavy atom. The van der Waals surface area contributed by atoms with Crippen molar-refractivity contribution in [1.82, 2.24) is 10.6 Å². The van der Waals surface area contributed by atoms with Gasteiger partial charge in [-0.3, -0.25) is 4.52 Å². The highest BCUT2D eigenvalue weighted by Gasteiger charge is 2.91. The molecule has 0 spiro atoms. The van der Waals surface area contributed by atoms with Crippen molar-refractivity contribution in [3.05, 3.63) is 0 Å². The van der Waals surface area contributed by atoms with E-state index in [1.165, 1.54) is 0 Å². The number of phosphoric acid groups is 1. The van der Waals surface area contributed by atoms with Gasteiger partial charge in [-0.2, -0.15) is 57.1 Å². The van der Waals surface area contributed by atoms with Crippen LogP contribution in [-0.2, 0) is 9.09 Å². The molecule has 8 N–H and O–H groups in total. The predicted molar refractivity (Wildman–Crippen MR) is 127 cm³/mol. The molecule has 48 heavy (non-hydrogen) atoms. The van der Waals surface area contributed by atoms with E-state index in [0.717, 1.165) is 0 Å². The minimum Gasteiger partial charge on any atom is -0.395 e. The van der Waals surface area contributed by atoms with E-state index in [0.29, 0.717) is 26.2 Å². The fraction of sp³-hybridized carbons (Fsp3) is 1.00. The van der Waals surface area contributed by atoms with Crippen molar-refractivity contribution in [2.75, 3.05) is 59.2 Å². The van der Waals surface area contributed by atoms with Crippen LogP contribution in [0.25, 0.3) is 0 Å². The zero-order chi connectivity index (χ0) is 39.1. The van der Waals surface area contributed by atoms with Crippen LogP contribution >= 0.6 is 7.82 Å². The van der Waals surface area contributed by atoms with E-state index in [1.54, 1.807) is 0 Å². The molecule has 0 aromatic carbocycles. The molecule has 294 valence electrons. The van der Waals surface area contributed by atoms with Gasteiger partial charge in [0.1, 0.15) is 0 Å². The third kappa shape index (κ3) is 16.6. The smallest absolute Gasteiger partial charge is 0.395 e. The van der Waals surface area contributed by atoms with Crippen molar-refractivity contribution in [2.24, 2.45) is 0 Å². The fourth-order valence-electron chi connectivity index (χ4n) is 2.65. The molecular weight excluding hydrogens is 750 g/mol. The van der Waals surface area contributed by atoms with Crippen molar-refractivity contribution in [2.45, 2.75) is 66.9 Å². The van der Waals surface area contributed by atoms with Gasteiger partial charge in [-0.25, -0.2) is 22.1 Å². The summed E-state index contributed by atoms with van der Waals surface area (Å²) in [6.45, 7) is 1.08. The maximum absolute atomic E-state index is 13.5. The summed E-state index contributed by atoms with van der Waals surface area (Å²) < 4.78 is 234. The van der Waals surface area contributed by atoms with Crippen LogP contribution in [0, 0.1) is 0 Å². The van der Waals surface area contributed by atoms with Crippen molar-refractivity contribution in [1.29, 1.82) is 0 Å². The number of phosphoric ester groups is 1. The van der Waals surface area contributed by atoms with Gasteiger partial charge in [0, 0.05) is 32.6 Å². The summed E-state index contributed by atoms with van der Waals surface area (Å²) in [5.41, 5.74) is 0. The molecule has 0 amide bonds. The molecule has 0 unspecified atom stereocenters. The Kier molecular flexibility index (Phi) is 21.2. The lowest BCUT2D eigenvalue weighted by Crippen LogP contribution is -2.70. The summed E-state index contributed by atoms with van der Waals surface area (Å²) >= 11 is 0. The molecule has 10 nitrogen and oxygen atoms in total. The molecule has 0 fully saturated rings. The summed E-state index contributed by atoms with van der Waals surface area (Å²) in [5, 5.41) is 38.2.